The fourth-order valence-electron chi connectivity index (χ4n) is 5.99. The number of carbonyl (C=O) groups excluding carboxylic acids is 1. The van der Waals surface area contributed by atoms with E-state index in [0.29, 0.717) is 23.9 Å². The molecule has 31 heavy (non-hydrogen) atoms. The highest BCUT2D eigenvalue weighted by Crippen LogP contribution is 2.34. The summed E-state index contributed by atoms with van der Waals surface area (Å²) in [5.41, 5.74) is 0. The molecule has 176 valence electrons. The van der Waals surface area contributed by atoms with Gasteiger partial charge in [0.25, 0.3) is 0 Å². The van der Waals surface area contributed by atoms with Gasteiger partial charge in [-0.25, -0.2) is 0 Å². The molecule has 3 saturated carbocycles. The summed E-state index contributed by atoms with van der Waals surface area (Å²) in [5.74, 6) is 9.83. The van der Waals surface area contributed by atoms with Crippen molar-refractivity contribution in [3.8, 4) is 11.8 Å². The molecule has 0 aliphatic heterocycles. The van der Waals surface area contributed by atoms with Crippen LogP contribution in [0.1, 0.15) is 110 Å². The normalized spacial score (nSPS) is 34.9. The molecule has 0 radical (unpaired) electrons. The Morgan fingerprint density at radius 3 is 2.19 bits per heavy atom. The molecule has 0 spiro atoms. The average molecular weight is 431 g/mol. The molecule has 3 aliphatic carbocycles. The van der Waals surface area contributed by atoms with Crippen molar-refractivity contribution in [2.45, 2.75) is 122 Å². The molecule has 0 aromatic carbocycles. The second kappa shape index (κ2) is 12.9. The van der Waals surface area contributed by atoms with Gasteiger partial charge in [-0.2, -0.15) is 0 Å². The van der Waals surface area contributed by atoms with E-state index < -0.39 is 0 Å². The van der Waals surface area contributed by atoms with Crippen LogP contribution < -0.4 is 0 Å². The molecular formula is C28H46O3. The zero-order valence-electron chi connectivity index (χ0n) is 20.4. The summed E-state index contributed by atoms with van der Waals surface area (Å²) in [6.07, 6.45) is 18.3. The van der Waals surface area contributed by atoms with E-state index in [1.54, 1.807) is 7.11 Å². The summed E-state index contributed by atoms with van der Waals surface area (Å²) in [7, 11) is 1.80. The monoisotopic (exact) mass is 430 g/mol. The molecule has 0 N–H and O–H groups in total. The van der Waals surface area contributed by atoms with Gasteiger partial charge in [0.15, 0.2) is 0 Å². The van der Waals surface area contributed by atoms with Crippen molar-refractivity contribution < 1.29 is 14.3 Å². The first kappa shape index (κ1) is 24.6. The molecule has 3 atom stereocenters. The SMILES string of the molecule is CCCCC1CCC(C#CC2CCC(C(=O)OC(C)C3CCCC(OC)C3)CC2)CC1. The first-order valence-corrected chi connectivity index (χ1v) is 13.3. The van der Waals surface area contributed by atoms with Crippen molar-refractivity contribution in [1.29, 1.82) is 0 Å². The lowest BCUT2D eigenvalue weighted by molar-refractivity contribution is -0.158. The molecule has 0 heterocycles. The Morgan fingerprint density at radius 2 is 1.58 bits per heavy atom. The summed E-state index contributed by atoms with van der Waals surface area (Å²) < 4.78 is 11.5. The number of unbranched alkanes of at least 4 members (excludes halogenated alkanes) is 1. The molecular weight excluding hydrogens is 384 g/mol. The zero-order chi connectivity index (χ0) is 22.1. The maximum Gasteiger partial charge on any atom is 0.309 e. The van der Waals surface area contributed by atoms with Crippen molar-refractivity contribution in [1.82, 2.24) is 0 Å². The van der Waals surface area contributed by atoms with Crippen molar-refractivity contribution in [3.63, 3.8) is 0 Å². The zero-order valence-corrected chi connectivity index (χ0v) is 20.4. The van der Waals surface area contributed by atoms with Crippen molar-refractivity contribution in [2.75, 3.05) is 7.11 Å². The van der Waals surface area contributed by atoms with Gasteiger partial charge >= 0.3 is 5.97 Å². The van der Waals surface area contributed by atoms with E-state index in [2.05, 4.69) is 25.7 Å². The largest absolute Gasteiger partial charge is 0.462 e. The van der Waals surface area contributed by atoms with Gasteiger partial charge in [-0.15, -0.1) is 0 Å². The third kappa shape index (κ3) is 7.81. The Morgan fingerprint density at radius 1 is 0.935 bits per heavy atom. The number of hydrogen-bond acceptors (Lipinski definition) is 3. The highest BCUT2D eigenvalue weighted by molar-refractivity contribution is 5.72. The highest BCUT2D eigenvalue weighted by atomic mass is 16.5. The molecule has 3 fully saturated rings. The van der Waals surface area contributed by atoms with E-state index in [1.165, 1.54) is 51.4 Å². The van der Waals surface area contributed by atoms with Crippen LogP contribution in [0.4, 0.5) is 0 Å². The molecule has 3 rings (SSSR count). The van der Waals surface area contributed by atoms with Crippen LogP contribution in [-0.4, -0.2) is 25.3 Å². The minimum Gasteiger partial charge on any atom is -0.462 e. The van der Waals surface area contributed by atoms with Crippen molar-refractivity contribution in [3.05, 3.63) is 0 Å². The average Bonchev–Trinajstić information content (AvgIpc) is 2.82. The van der Waals surface area contributed by atoms with Crippen LogP contribution in [0.3, 0.4) is 0 Å². The lowest BCUT2D eigenvalue weighted by Crippen LogP contribution is -2.34. The van der Waals surface area contributed by atoms with E-state index in [9.17, 15) is 4.79 Å². The predicted molar refractivity (Wildman–Crippen MR) is 127 cm³/mol. The van der Waals surface area contributed by atoms with Crippen molar-refractivity contribution in [2.24, 2.45) is 29.6 Å². The lowest BCUT2D eigenvalue weighted by atomic mass is 9.79. The van der Waals surface area contributed by atoms with Gasteiger partial charge in [0.2, 0.25) is 0 Å². The Hall–Kier alpha value is -1.01. The van der Waals surface area contributed by atoms with Gasteiger partial charge in [-0.1, -0.05) is 44.4 Å². The molecule has 0 bridgehead atoms. The maximum absolute atomic E-state index is 12.7. The van der Waals surface area contributed by atoms with Crippen LogP contribution in [0.15, 0.2) is 0 Å². The summed E-state index contributed by atoms with van der Waals surface area (Å²) in [6, 6.07) is 0. The molecule has 3 aliphatic rings. The minimum atomic E-state index is 0.00965. The summed E-state index contributed by atoms with van der Waals surface area (Å²) in [4.78, 5) is 12.7. The third-order valence-corrected chi connectivity index (χ3v) is 8.33. The Balaban J connectivity index is 1.35. The molecule has 0 aromatic heterocycles. The molecule has 3 heteroatoms. The van der Waals surface area contributed by atoms with Crippen LogP contribution in [0.2, 0.25) is 0 Å². The number of rotatable bonds is 7. The molecule has 3 nitrogen and oxygen atoms in total. The third-order valence-electron chi connectivity index (χ3n) is 8.33. The van der Waals surface area contributed by atoms with E-state index >= 15 is 0 Å². The van der Waals surface area contributed by atoms with Gasteiger partial charge in [-0.05, 0) is 89.4 Å². The van der Waals surface area contributed by atoms with Crippen LogP contribution >= 0.6 is 0 Å². The van der Waals surface area contributed by atoms with Crippen LogP contribution in [0, 0.1) is 41.4 Å². The highest BCUT2D eigenvalue weighted by Gasteiger charge is 2.32. The van der Waals surface area contributed by atoms with E-state index in [4.69, 9.17) is 9.47 Å². The summed E-state index contributed by atoms with van der Waals surface area (Å²) >= 11 is 0. The summed E-state index contributed by atoms with van der Waals surface area (Å²) in [5, 5.41) is 0. The molecule has 3 unspecified atom stereocenters. The first-order chi connectivity index (χ1) is 15.1. The number of esters is 1. The van der Waals surface area contributed by atoms with E-state index in [-0.39, 0.29) is 18.0 Å². The molecule has 0 saturated heterocycles. The van der Waals surface area contributed by atoms with Crippen LogP contribution in [0.25, 0.3) is 0 Å². The Kier molecular flexibility index (Phi) is 10.2. The number of methoxy groups -OCH3 is 1. The molecule has 0 aromatic rings. The molecule has 0 amide bonds. The van der Waals surface area contributed by atoms with Gasteiger partial charge < -0.3 is 9.47 Å². The minimum absolute atomic E-state index is 0.00965. The Labute approximate surface area is 191 Å². The topological polar surface area (TPSA) is 35.5 Å². The van der Waals surface area contributed by atoms with Gasteiger partial charge in [0.05, 0.1) is 12.0 Å². The second-order valence-electron chi connectivity index (χ2n) is 10.6. The fraction of sp³-hybridized carbons (Fsp3) is 0.893. The van der Waals surface area contributed by atoms with Gasteiger partial charge in [-0.3, -0.25) is 4.79 Å². The number of ether oxygens (including phenoxy) is 2. The van der Waals surface area contributed by atoms with E-state index in [0.717, 1.165) is 50.9 Å². The van der Waals surface area contributed by atoms with Crippen molar-refractivity contribution >= 4 is 5.97 Å². The number of carbonyl (C=O) groups is 1. The van der Waals surface area contributed by atoms with Crippen LogP contribution in [0.5, 0.6) is 0 Å². The predicted octanol–water partition coefficient (Wildman–Crippen LogP) is 6.93. The smallest absolute Gasteiger partial charge is 0.309 e. The fourth-order valence-corrected chi connectivity index (χ4v) is 5.99. The maximum atomic E-state index is 12.7. The lowest BCUT2D eigenvalue weighted by Gasteiger charge is -2.33. The van der Waals surface area contributed by atoms with Gasteiger partial charge in [0, 0.05) is 18.9 Å². The van der Waals surface area contributed by atoms with Crippen LogP contribution in [-0.2, 0) is 14.3 Å². The van der Waals surface area contributed by atoms with E-state index in [1.807, 2.05) is 0 Å². The summed E-state index contributed by atoms with van der Waals surface area (Å²) in [6.45, 7) is 4.37. The van der Waals surface area contributed by atoms with Gasteiger partial charge in [0.1, 0.15) is 6.10 Å². The number of hydrogen-bond donors (Lipinski definition) is 0. The first-order valence-electron chi connectivity index (χ1n) is 13.3. The quantitative estimate of drug-likeness (QED) is 0.324. The second-order valence-corrected chi connectivity index (χ2v) is 10.6. The Bertz CT molecular complexity index is 587. The standard InChI is InChI=1S/C28H46O3/c1-4-5-7-22-10-12-23(13-11-22)14-15-24-16-18-25(19-17-24)28(29)31-21(2)26-8-6-9-27(20-26)30-3/h21-27H,4-13,16-20H2,1-3H3.